The lowest BCUT2D eigenvalue weighted by Crippen LogP contribution is -2.09. The minimum atomic E-state index is -0.630. The number of rotatable bonds is 5. The molecule has 0 aliphatic heterocycles. The number of carbonyl (C=O) groups is 1. The van der Waals surface area contributed by atoms with Crippen molar-refractivity contribution < 1.29 is 28.5 Å². The number of ether oxygens (including phenoxy) is 3. The van der Waals surface area contributed by atoms with Crippen LogP contribution in [0.2, 0.25) is 0 Å². The van der Waals surface area contributed by atoms with E-state index in [1.807, 2.05) is 0 Å². The molecular formula is C24H18O7. The molecule has 0 bridgehead atoms. The van der Waals surface area contributed by atoms with Gasteiger partial charge in [-0.1, -0.05) is 0 Å². The van der Waals surface area contributed by atoms with Crippen LogP contribution in [0, 0.1) is 0 Å². The van der Waals surface area contributed by atoms with Crippen LogP contribution in [0.1, 0.15) is 10.4 Å². The molecule has 1 N–H and O–H groups in total. The Kier molecular flexibility index (Phi) is 5.32. The zero-order valence-electron chi connectivity index (χ0n) is 16.7. The molecule has 7 heteroatoms. The molecule has 0 radical (unpaired) electrons. The topological polar surface area (TPSA) is 95.2 Å². The first-order chi connectivity index (χ1) is 15.0. The average molecular weight is 418 g/mol. The number of methoxy groups -OCH3 is 2. The van der Waals surface area contributed by atoms with Gasteiger partial charge >= 0.3 is 5.97 Å². The summed E-state index contributed by atoms with van der Waals surface area (Å²) in [6.07, 6.45) is 0. The summed E-state index contributed by atoms with van der Waals surface area (Å²) in [4.78, 5) is 25.0. The van der Waals surface area contributed by atoms with E-state index in [4.69, 9.17) is 18.6 Å². The smallest absolute Gasteiger partial charge is 0.343 e. The van der Waals surface area contributed by atoms with Gasteiger partial charge in [-0.05, 0) is 48.5 Å². The molecule has 1 aromatic heterocycles. The van der Waals surface area contributed by atoms with Crippen LogP contribution in [-0.4, -0.2) is 25.3 Å². The highest BCUT2D eigenvalue weighted by Gasteiger charge is 2.15. The SMILES string of the molecule is COc1ccc(C(=O)Oc2cc(O)c3c(=O)cc(-c4ccc(OC)cc4)oc3c2)cc1. The molecule has 4 rings (SSSR count). The van der Waals surface area contributed by atoms with Gasteiger partial charge in [0.2, 0.25) is 0 Å². The van der Waals surface area contributed by atoms with E-state index in [1.54, 1.807) is 55.6 Å². The maximum Gasteiger partial charge on any atom is 0.343 e. The number of esters is 1. The fourth-order valence-electron chi connectivity index (χ4n) is 3.09. The van der Waals surface area contributed by atoms with E-state index in [-0.39, 0.29) is 22.5 Å². The van der Waals surface area contributed by atoms with Crippen LogP contribution >= 0.6 is 0 Å². The molecule has 0 fully saturated rings. The van der Waals surface area contributed by atoms with Crippen molar-refractivity contribution in [1.82, 2.24) is 0 Å². The Morgan fingerprint density at radius 3 is 2.06 bits per heavy atom. The van der Waals surface area contributed by atoms with Crippen molar-refractivity contribution in [1.29, 1.82) is 0 Å². The summed E-state index contributed by atoms with van der Waals surface area (Å²) in [7, 11) is 3.09. The summed E-state index contributed by atoms with van der Waals surface area (Å²) in [6.45, 7) is 0. The Labute approximate surface area is 177 Å². The molecule has 7 nitrogen and oxygen atoms in total. The lowest BCUT2D eigenvalue weighted by atomic mass is 10.1. The Hall–Kier alpha value is -4.26. The summed E-state index contributed by atoms with van der Waals surface area (Å²) < 4.78 is 21.4. The molecule has 4 aromatic rings. The lowest BCUT2D eigenvalue weighted by molar-refractivity contribution is 0.0734. The molecule has 0 amide bonds. The number of phenols is 1. The maximum absolute atomic E-state index is 12.6. The van der Waals surface area contributed by atoms with E-state index in [9.17, 15) is 14.7 Å². The van der Waals surface area contributed by atoms with E-state index in [0.29, 0.717) is 28.4 Å². The van der Waals surface area contributed by atoms with E-state index < -0.39 is 11.4 Å². The zero-order valence-corrected chi connectivity index (χ0v) is 16.7. The molecule has 0 saturated carbocycles. The predicted octanol–water partition coefficient (Wildman–Crippen LogP) is 4.40. The van der Waals surface area contributed by atoms with Gasteiger partial charge in [0.25, 0.3) is 0 Å². The number of aromatic hydroxyl groups is 1. The van der Waals surface area contributed by atoms with Gasteiger partial charge in [-0.3, -0.25) is 4.79 Å². The molecular weight excluding hydrogens is 400 g/mol. The molecule has 0 spiro atoms. The first-order valence-corrected chi connectivity index (χ1v) is 9.30. The number of benzene rings is 3. The summed E-state index contributed by atoms with van der Waals surface area (Å²) in [5.41, 5.74) is 0.627. The van der Waals surface area contributed by atoms with Crippen molar-refractivity contribution in [2.75, 3.05) is 14.2 Å². The third-order valence-corrected chi connectivity index (χ3v) is 4.69. The first kappa shape index (κ1) is 20.0. The predicted molar refractivity (Wildman–Crippen MR) is 114 cm³/mol. The van der Waals surface area contributed by atoms with Gasteiger partial charge < -0.3 is 23.7 Å². The Balaban J connectivity index is 1.70. The fraction of sp³-hybridized carbons (Fsp3) is 0.0833. The van der Waals surface area contributed by atoms with Gasteiger partial charge in [0.1, 0.15) is 39.7 Å². The second-order valence-corrected chi connectivity index (χ2v) is 6.64. The highest BCUT2D eigenvalue weighted by molar-refractivity contribution is 5.92. The lowest BCUT2D eigenvalue weighted by Gasteiger charge is -2.09. The third kappa shape index (κ3) is 4.06. The van der Waals surface area contributed by atoms with Gasteiger partial charge in [-0.15, -0.1) is 0 Å². The molecule has 31 heavy (non-hydrogen) atoms. The van der Waals surface area contributed by atoms with Crippen molar-refractivity contribution >= 4 is 16.9 Å². The molecule has 1 heterocycles. The molecule has 156 valence electrons. The average Bonchev–Trinajstić information content (AvgIpc) is 2.78. The molecule has 0 atom stereocenters. The van der Waals surface area contributed by atoms with E-state index in [1.165, 1.54) is 25.3 Å². The first-order valence-electron chi connectivity index (χ1n) is 9.30. The fourth-order valence-corrected chi connectivity index (χ4v) is 3.09. The van der Waals surface area contributed by atoms with Crippen LogP contribution in [0.3, 0.4) is 0 Å². The van der Waals surface area contributed by atoms with Crippen molar-refractivity contribution in [3.63, 3.8) is 0 Å². The number of phenolic OH excluding ortho intramolecular Hbond substituents is 1. The van der Waals surface area contributed by atoms with E-state index in [0.717, 1.165) is 0 Å². The summed E-state index contributed by atoms with van der Waals surface area (Å²) >= 11 is 0. The highest BCUT2D eigenvalue weighted by Crippen LogP contribution is 2.32. The second-order valence-electron chi connectivity index (χ2n) is 6.64. The van der Waals surface area contributed by atoms with E-state index in [2.05, 4.69) is 0 Å². The number of hydrogen-bond donors (Lipinski definition) is 1. The second kappa shape index (κ2) is 8.23. The van der Waals surface area contributed by atoms with Gasteiger partial charge in [0, 0.05) is 23.8 Å². The standard InChI is InChI=1S/C24H18O7/c1-28-16-7-3-14(4-8-16)21-13-20(26)23-19(25)11-18(12-22(23)31-21)30-24(27)15-5-9-17(29-2)10-6-15/h3-13,25H,1-2H3. The van der Waals surface area contributed by atoms with Crippen LogP contribution in [0.5, 0.6) is 23.0 Å². The van der Waals surface area contributed by atoms with Crippen molar-refractivity contribution in [3.05, 3.63) is 82.5 Å². The van der Waals surface area contributed by atoms with Crippen molar-refractivity contribution in [2.24, 2.45) is 0 Å². The quantitative estimate of drug-likeness (QED) is 0.379. The Morgan fingerprint density at radius 2 is 1.45 bits per heavy atom. The minimum Gasteiger partial charge on any atom is -0.507 e. The number of hydrogen-bond acceptors (Lipinski definition) is 7. The number of fused-ring (bicyclic) bond motifs is 1. The summed E-state index contributed by atoms with van der Waals surface area (Å²) in [5, 5.41) is 10.3. The Morgan fingerprint density at radius 1 is 0.839 bits per heavy atom. The minimum absolute atomic E-state index is 0.00140. The third-order valence-electron chi connectivity index (χ3n) is 4.69. The van der Waals surface area contributed by atoms with Gasteiger partial charge in [0.15, 0.2) is 5.43 Å². The van der Waals surface area contributed by atoms with Gasteiger partial charge in [0.05, 0.1) is 19.8 Å². The molecule has 0 aliphatic rings. The summed E-state index contributed by atoms with van der Waals surface area (Å²) in [5.74, 6) is 0.643. The van der Waals surface area contributed by atoms with Crippen LogP contribution in [0.15, 0.2) is 75.9 Å². The van der Waals surface area contributed by atoms with Crippen LogP contribution < -0.4 is 19.6 Å². The molecule has 0 unspecified atom stereocenters. The van der Waals surface area contributed by atoms with Crippen LogP contribution in [0.25, 0.3) is 22.3 Å². The van der Waals surface area contributed by atoms with Crippen molar-refractivity contribution in [2.45, 2.75) is 0 Å². The molecule has 0 saturated heterocycles. The van der Waals surface area contributed by atoms with Gasteiger partial charge in [-0.25, -0.2) is 4.79 Å². The highest BCUT2D eigenvalue weighted by atomic mass is 16.5. The largest absolute Gasteiger partial charge is 0.507 e. The monoisotopic (exact) mass is 418 g/mol. The maximum atomic E-state index is 12.6. The van der Waals surface area contributed by atoms with E-state index >= 15 is 0 Å². The molecule has 3 aromatic carbocycles. The van der Waals surface area contributed by atoms with Crippen LogP contribution in [0.4, 0.5) is 0 Å². The van der Waals surface area contributed by atoms with Gasteiger partial charge in [-0.2, -0.15) is 0 Å². The number of carbonyl (C=O) groups excluding carboxylic acids is 1. The van der Waals surface area contributed by atoms with Crippen molar-refractivity contribution in [3.8, 4) is 34.3 Å². The Bertz CT molecular complexity index is 1300. The zero-order chi connectivity index (χ0) is 22.0. The normalized spacial score (nSPS) is 10.6. The van der Waals surface area contributed by atoms with Crippen LogP contribution in [-0.2, 0) is 0 Å². The summed E-state index contributed by atoms with van der Waals surface area (Å²) in [6, 6.07) is 17.3. The molecule has 0 aliphatic carbocycles.